The molecule has 0 aliphatic heterocycles. The quantitative estimate of drug-likeness (QED) is 0.0920. The highest BCUT2D eigenvalue weighted by Gasteiger charge is 2.47. The number of benzene rings is 4. The second kappa shape index (κ2) is 17.8. The standard InChI is InChI=1S/2C20H22O3/c2*1-3-4-15-20(23-2,18(21)16-11-7-5-8-12-16)19(22)17-13-9-6-10-14-17/h2*5-14H,3-4,15H2,1-2H3. The third-order valence-corrected chi connectivity index (χ3v) is 8.07. The van der Waals surface area contributed by atoms with Crippen LogP contribution in [-0.2, 0) is 9.47 Å². The Bertz CT molecular complexity index is 1310. The fourth-order valence-electron chi connectivity index (χ4n) is 5.38. The summed E-state index contributed by atoms with van der Waals surface area (Å²) in [5.41, 5.74) is -0.939. The molecule has 6 heteroatoms. The van der Waals surface area contributed by atoms with Crippen molar-refractivity contribution >= 4 is 23.1 Å². The van der Waals surface area contributed by atoms with Crippen molar-refractivity contribution < 1.29 is 28.7 Å². The summed E-state index contributed by atoms with van der Waals surface area (Å²) in [5.74, 6) is -1.10. The van der Waals surface area contributed by atoms with Gasteiger partial charge in [0.15, 0.2) is 11.2 Å². The van der Waals surface area contributed by atoms with E-state index in [1.807, 2.05) is 38.1 Å². The molecule has 46 heavy (non-hydrogen) atoms. The van der Waals surface area contributed by atoms with Crippen LogP contribution in [0.1, 0.15) is 93.8 Å². The first-order chi connectivity index (χ1) is 22.3. The predicted molar refractivity (Wildman–Crippen MR) is 182 cm³/mol. The number of carbonyl (C=O) groups is 4. The van der Waals surface area contributed by atoms with Crippen LogP contribution in [0.5, 0.6) is 0 Å². The van der Waals surface area contributed by atoms with Crippen LogP contribution in [0.15, 0.2) is 121 Å². The van der Waals surface area contributed by atoms with Gasteiger partial charge < -0.3 is 9.47 Å². The SMILES string of the molecule is CCCCC(OC)(C(=O)c1ccccc1)C(=O)c1ccccc1.CCCCC(OC)(C(=O)c1ccccc1)C(=O)c1ccccc1. The molecule has 0 aliphatic carbocycles. The maximum Gasteiger partial charge on any atom is 0.202 e. The molecule has 0 fully saturated rings. The van der Waals surface area contributed by atoms with Crippen molar-refractivity contribution in [1.29, 1.82) is 0 Å². The predicted octanol–water partition coefficient (Wildman–Crippen LogP) is 8.66. The van der Waals surface area contributed by atoms with Crippen LogP contribution in [-0.4, -0.2) is 48.6 Å². The molecule has 4 aromatic rings. The summed E-state index contributed by atoms with van der Waals surface area (Å²) in [7, 11) is 2.88. The van der Waals surface area contributed by atoms with E-state index in [4.69, 9.17) is 9.47 Å². The number of methoxy groups -OCH3 is 2. The van der Waals surface area contributed by atoms with E-state index < -0.39 is 11.2 Å². The van der Waals surface area contributed by atoms with Crippen molar-refractivity contribution in [2.24, 2.45) is 0 Å². The monoisotopic (exact) mass is 620 g/mol. The van der Waals surface area contributed by atoms with Crippen LogP contribution in [0, 0.1) is 0 Å². The molecule has 6 nitrogen and oxygen atoms in total. The Balaban J connectivity index is 0.000000250. The number of ketones is 4. The molecule has 0 heterocycles. The topological polar surface area (TPSA) is 86.7 Å². The normalized spacial score (nSPS) is 11.2. The maximum absolute atomic E-state index is 13.1. The van der Waals surface area contributed by atoms with Crippen LogP contribution >= 0.6 is 0 Å². The number of unbranched alkanes of at least 4 members (excludes halogenated alkanes) is 2. The minimum Gasteiger partial charge on any atom is -0.362 e. The molecule has 0 N–H and O–H groups in total. The maximum atomic E-state index is 13.1. The van der Waals surface area contributed by atoms with Gasteiger partial charge in [-0.2, -0.15) is 0 Å². The summed E-state index contributed by atoms with van der Waals surface area (Å²) in [4.78, 5) is 52.3. The van der Waals surface area contributed by atoms with Crippen molar-refractivity contribution in [3.63, 3.8) is 0 Å². The van der Waals surface area contributed by atoms with E-state index in [9.17, 15) is 19.2 Å². The lowest BCUT2D eigenvalue weighted by molar-refractivity contribution is 0.00340. The van der Waals surface area contributed by atoms with Gasteiger partial charge in [-0.05, 0) is 25.7 Å². The Morgan fingerprint density at radius 3 is 0.826 bits per heavy atom. The third-order valence-electron chi connectivity index (χ3n) is 8.07. The van der Waals surface area contributed by atoms with E-state index in [1.54, 1.807) is 97.1 Å². The van der Waals surface area contributed by atoms with E-state index in [1.165, 1.54) is 14.2 Å². The van der Waals surface area contributed by atoms with Crippen LogP contribution in [0.4, 0.5) is 0 Å². The molecule has 4 rings (SSSR count). The minimum atomic E-state index is -1.46. The lowest BCUT2D eigenvalue weighted by Gasteiger charge is -2.29. The first-order valence-electron chi connectivity index (χ1n) is 15.8. The van der Waals surface area contributed by atoms with Crippen molar-refractivity contribution in [2.75, 3.05) is 14.2 Å². The average molecular weight is 621 g/mol. The fourth-order valence-corrected chi connectivity index (χ4v) is 5.38. The van der Waals surface area contributed by atoms with Crippen molar-refractivity contribution in [2.45, 2.75) is 63.6 Å². The second-order valence-corrected chi connectivity index (χ2v) is 11.0. The molecular formula is C40H44O6. The number of ether oxygens (including phenoxy) is 2. The summed E-state index contributed by atoms with van der Waals surface area (Å²) >= 11 is 0. The molecule has 0 radical (unpaired) electrons. The first kappa shape index (κ1) is 36.0. The number of hydrogen-bond acceptors (Lipinski definition) is 6. The molecule has 4 aromatic carbocycles. The van der Waals surface area contributed by atoms with Gasteiger partial charge in [0, 0.05) is 36.5 Å². The van der Waals surface area contributed by atoms with Gasteiger partial charge in [-0.25, -0.2) is 0 Å². The number of carbonyl (C=O) groups excluding carboxylic acids is 4. The van der Waals surface area contributed by atoms with Gasteiger partial charge in [-0.15, -0.1) is 0 Å². The van der Waals surface area contributed by atoms with Crippen molar-refractivity contribution in [3.8, 4) is 0 Å². The fraction of sp³-hybridized carbons (Fsp3) is 0.300. The highest BCUT2D eigenvalue weighted by atomic mass is 16.5. The van der Waals surface area contributed by atoms with E-state index >= 15 is 0 Å². The highest BCUT2D eigenvalue weighted by molar-refractivity contribution is 6.23. The highest BCUT2D eigenvalue weighted by Crippen LogP contribution is 2.30. The van der Waals surface area contributed by atoms with Crippen LogP contribution in [0.2, 0.25) is 0 Å². The zero-order valence-corrected chi connectivity index (χ0v) is 27.2. The van der Waals surface area contributed by atoms with E-state index in [0.717, 1.165) is 25.7 Å². The van der Waals surface area contributed by atoms with E-state index in [2.05, 4.69) is 0 Å². The zero-order valence-electron chi connectivity index (χ0n) is 27.2. The third kappa shape index (κ3) is 8.39. The average Bonchev–Trinajstić information content (AvgIpc) is 3.13. The van der Waals surface area contributed by atoms with E-state index in [0.29, 0.717) is 35.1 Å². The van der Waals surface area contributed by atoms with Gasteiger partial charge in [-0.1, -0.05) is 148 Å². The summed E-state index contributed by atoms with van der Waals surface area (Å²) < 4.78 is 11.1. The summed E-state index contributed by atoms with van der Waals surface area (Å²) in [5, 5.41) is 0. The molecular weight excluding hydrogens is 576 g/mol. The Hall–Kier alpha value is -4.52. The molecule has 0 atom stereocenters. The van der Waals surface area contributed by atoms with Crippen molar-refractivity contribution in [3.05, 3.63) is 144 Å². The number of Topliss-reactive ketones (excluding diaryl/α,β-unsaturated/α-hetero) is 4. The molecule has 0 unspecified atom stereocenters. The number of hydrogen-bond donors (Lipinski definition) is 0. The molecule has 240 valence electrons. The minimum absolute atomic E-state index is 0.275. The summed E-state index contributed by atoms with van der Waals surface area (Å²) in [6.45, 7) is 4.06. The molecule has 0 saturated carbocycles. The zero-order chi connectivity index (χ0) is 33.4. The van der Waals surface area contributed by atoms with Gasteiger partial charge >= 0.3 is 0 Å². The van der Waals surface area contributed by atoms with Gasteiger partial charge in [0.1, 0.15) is 0 Å². The van der Waals surface area contributed by atoms with Gasteiger partial charge in [0.05, 0.1) is 0 Å². The lowest BCUT2D eigenvalue weighted by atomic mass is 9.81. The molecule has 0 bridgehead atoms. The lowest BCUT2D eigenvalue weighted by Crippen LogP contribution is -2.48. The van der Waals surface area contributed by atoms with Crippen LogP contribution in [0.3, 0.4) is 0 Å². The molecule has 0 aromatic heterocycles. The Morgan fingerprint density at radius 2 is 0.652 bits per heavy atom. The van der Waals surface area contributed by atoms with Gasteiger partial charge in [-0.3, -0.25) is 19.2 Å². The van der Waals surface area contributed by atoms with Gasteiger partial charge in [0.2, 0.25) is 23.1 Å². The Labute approximate surface area is 272 Å². The molecule has 0 amide bonds. The molecule has 0 saturated heterocycles. The van der Waals surface area contributed by atoms with Gasteiger partial charge in [0.25, 0.3) is 0 Å². The largest absolute Gasteiger partial charge is 0.362 e. The second-order valence-electron chi connectivity index (χ2n) is 11.0. The molecule has 0 aliphatic rings. The Kier molecular flexibility index (Phi) is 13.9. The summed E-state index contributed by atoms with van der Waals surface area (Å²) in [6, 6.07) is 35.5. The molecule has 0 spiro atoms. The van der Waals surface area contributed by atoms with Crippen LogP contribution in [0.25, 0.3) is 0 Å². The summed E-state index contributed by atoms with van der Waals surface area (Å²) in [6.07, 6.45) is 4.00. The van der Waals surface area contributed by atoms with E-state index in [-0.39, 0.29) is 23.1 Å². The van der Waals surface area contributed by atoms with Crippen LogP contribution < -0.4 is 0 Å². The van der Waals surface area contributed by atoms with Crippen molar-refractivity contribution in [1.82, 2.24) is 0 Å². The smallest absolute Gasteiger partial charge is 0.202 e. The first-order valence-corrected chi connectivity index (χ1v) is 15.8. The number of rotatable bonds is 16. The Morgan fingerprint density at radius 1 is 0.435 bits per heavy atom.